The summed E-state index contributed by atoms with van der Waals surface area (Å²) in [6.45, 7) is 5.48. The standard InChI is InChI=1S/C15H22N2O2/c1-10-9-17(8-7-13(10)16-3)15(19)12-5-4-6-14(18)11(12)2/h4-6,10,13,16,18H,7-9H2,1-3H3. The van der Waals surface area contributed by atoms with E-state index in [1.165, 1.54) is 0 Å². The van der Waals surface area contributed by atoms with Crippen LogP contribution in [-0.2, 0) is 0 Å². The maximum Gasteiger partial charge on any atom is 0.254 e. The van der Waals surface area contributed by atoms with Gasteiger partial charge in [0.25, 0.3) is 5.91 Å². The van der Waals surface area contributed by atoms with Crippen molar-refractivity contribution in [2.75, 3.05) is 20.1 Å². The van der Waals surface area contributed by atoms with Crippen molar-refractivity contribution in [3.05, 3.63) is 29.3 Å². The Morgan fingerprint density at radius 1 is 1.47 bits per heavy atom. The van der Waals surface area contributed by atoms with Crippen LogP contribution >= 0.6 is 0 Å². The third kappa shape index (κ3) is 2.73. The molecule has 1 amide bonds. The number of hydrogen-bond acceptors (Lipinski definition) is 3. The molecule has 0 radical (unpaired) electrons. The Morgan fingerprint density at radius 3 is 2.84 bits per heavy atom. The van der Waals surface area contributed by atoms with E-state index in [1.807, 2.05) is 11.9 Å². The molecule has 2 N–H and O–H groups in total. The van der Waals surface area contributed by atoms with Crippen molar-refractivity contribution in [2.45, 2.75) is 26.3 Å². The number of phenols is 1. The topological polar surface area (TPSA) is 52.6 Å². The highest BCUT2D eigenvalue weighted by Crippen LogP contribution is 2.23. The Balaban J connectivity index is 2.15. The number of phenolic OH excluding ortho intramolecular Hbond substituents is 1. The first-order valence-electron chi connectivity index (χ1n) is 6.79. The summed E-state index contributed by atoms with van der Waals surface area (Å²) < 4.78 is 0. The second-order valence-corrected chi connectivity index (χ2v) is 5.36. The minimum Gasteiger partial charge on any atom is -0.508 e. The van der Waals surface area contributed by atoms with Gasteiger partial charge in [0, 0.05) is 30.3 Å². The highest BCUT2D eigenvalue weighted by atomic mass is 16.3. The average Bonchev–Trinajstić information content (AvgIpc) is 2.41. The maximum atomic E-state index is 12.5. The molecule has 0 bridgehead atoms. The number of nitrogens with zero attached hydrogens (tertiary/aromatic N) is 1. The lowest BCUT2D eigenvalue weighted by Gasteiger charge is -2.37. The van der Waals surface area contributed by atoms with Gasteiger partial charge in [-0.05, 0) is 38.4 Å². The molecule has 1 fully saturated rings. The molecule has 1 heterocycles. The molecule has 1 aromatic carbocycles. The van der Waals surface area contributed by atoms with E-state index in [9.17, 15) is 9.90 Å². The molecule has 0 aliphatic carbocycles. The zero-order valence-electron chi connectivity index (χ0n) is 11.8. The van der Waals surface area contributed by atoms with Gasteiger partial charge in [-0.1, -0.05) is 13.0 Å². The van der Waals surface area contributed by atoms with E-state index >= 15 is 0 Å². The van der Waals surface area contributed by atoms with Crippen molar-refractivity contribution < 1.29 is 9.90 Å². The highest BCUT2D eigenvalue weighted by molar-refractivity contribution is 5.96. The molecule has 0 saturated carbocycles. The van der Waals surface area contributed by atoms with Crippen molar-refractivity contribution in [1.82, 2.24) is 10.2 Å². The lowest BCUT2D eigenvalue weighted by Crippen LogP contribution is -2.49. The molecule has 1 aliphatic rings. The fourth-order valence-electron chi connectivity index (χ4n) is 2.78. The van der Waals surface area contributed by atoms with Gasteiger partial charge < -0.3 is 15.3 Å². The molecule has 0 aromatic heterocycles. The van der Waals surface area contributed by atoms with Crippen LogP contribution < -0.4 is 5.32 Å². The minimum atomic E-state index is 0.0230. The van der Waals surface area contributed by atoms with Crippen molar-refractivity contribution in [2.24, 2.45) is 5.92 Å². The molecular formula is C15H22N2O2. The first-order chi connectivity index (χ1) is 9.04. The van der Waals surface area contributed by atoms with Crippen LogP contribution in [0.4, 0.5) is 0 Å². The van der Waals surface area contributed by atoms with Crippen LogP contribution in [-0.4, -0.2) is 42.1 Å². The van der Waals surface area contributed by atoms with E-state index < -0.39 is 0 Å². The van der Waals surface area contributed by atoms with Gasteiger partial charge in [-0.2, -0.15) is 0 Å². The lowest BCUT2D eigenvalue weighted by atomic mass is 9.93. The van der Waals surface area contributed by atoms with Crippen LogP contribution in [0.15, 0.2) is 18.2 Å². The second-order valence-electron chi connectivity index (χ2n) is 5.36. The second kappa shape index (κ2) is 5.61. The van der Waals surface area contributed by atoms with Crippen LogP contribution in [0.2, 0.25) is 0 Å². The van der Waals surface area contributed by atoms with Gasteiger partial charge in [-0.3, -0.25) is 4.79 Å². The zero-order chi connectivity index (χ0) is 14.0. The number of likely N-dealkylation sites (tertiary alicyclic amines) is 1. The Labute approximate surface area is 114 Å². The molecular weight excluding hydrogens is 240 g/mol. The quantitative estimate of drug-likeness (QED) is 0.854. The first-order valence-corrected chi connectivity index (χ1v) is 6.79. The van der Waals surface area contributed by atoms with E-state index in [2.05, 4.69) is 12.2 Å². The van der Waals surface area contributed by atoms with Gasteiger partial charge in [0.05, 0.1) is 0 Å². The number of rotatable bonds is 2. The number of carbonyl (C=O) groups excluding carboxylic acids is 1. The summed E-state index contributed by atoms with van der Waals surface area (Å²) in [6, 6.07) is 5.60. The molecule has 19 heavy (non-hydrogen) atoms. The molecule has 0 spiro atoms. The van der Waals surface area contributed by atoms with Crippen LogP contribution in [0.1, 0.15) is 29.3 Å². The van der Waals surface area contributed by atoms with Gasteiger partial charge in [0.1, 0.15) is 5.75 Å². The Morgan fingerprint density at radius 2 is 2.21 bits per heavy atom. The smallest absolute Gasteiger partial charge is 0.254 e. The van der Waals surface area contributed by atoms with Gasteiger partial charge in [0.15, 0.2) is 0 Å². The van der Waals surface area contributed by atoms with Crippen molar-refractivity contribution >= 4 is 5.91 Å². The summed E-state index contributed by atoms with van der Waals surface area (Å²) in [5, 5.41) is 13.0. The Kier molecular flexibility index (Phi) is 4.10. The molecule has 4 nitrogen and oxygen atoms in total. The number of amides is 1. The molecule has 1 aliphatic heterocycles. The monoisotopic (exact) mass is 262 g/mol. The van der Waals surface area contributed by atoms with Gasteiger partial charge in [-0.15, -0.1) is 0 Å². The predicted molar refractivity (Wildman–Crippen MR) is 75.4 cm³/mol. The Bertz CT molecular complexity index is 473. The number of hydrogen-bond donors (Lipinski definition) is 2. The van der Waals surface area contributed by atoms with Crippen LogP contribution in [0.5, 0.6) is 5.75 Å². The molecule has 104 valence electrons. The van der Waals surface area contributed by atoms with Gasteiger partial charge in [-0.25, -0.2) is 0 Å². The third-order valence-electron chi connectivity index (χ3n) is 4.10. The van der Waals surface area contributed by atoms with Crippen LogP contribution in [0, 0.1) is 12.8 Å². The third-order valence-corrected chi connectivity index (χ3v) is 4.10. The van der Waals surface area contributed by atoms with Crippen LogP contribution in [0.25, 0.3) is 0 Å². The lowest BCUT2D eigenvalue weighted by molar-refractivity contribution is 0.0648. The number of aromatic hydroxyl groups is 1. The predicted octanol–water partition coefficient (Wildman–Crippen LogP) is 1.77. The Hall–Kier alpha value is -1.55. The fourth-order valence-corrected chi connectivity index (χ4v) is 2.78. The van der Waals surface area contributed by atoms with E-state index in [-0.39, 0.29) is 11.7 Å². The van der Waals surface area contributed by atoms with Crippen molar-refractivity contribution in [1.29, 1.82) is 0 Å². The molecule has 1 aromatic rings. The molecule has 2 unspecified atom stereocenters. The first kappa shape index (κ1) is 13.9. The number of nitrogens with one attached hydrogen (secondary N) is 1. The summed E-state index contributed by atoms with van der Waals surface area (Å²) in [7, 11) is 1.97. The minimum absolute atomic E-state index is 0.0230. The van der Waals surface area contributed by atoms with Crippen LogP contribution in [0.3, 0.4) is 0 Å². The van der Waals surface area contributed by atoms with E-state index in [0.29, 0.717) is 23.1 Å². The number of carbonyl (C=O) groups is 1. The van der Waals surface area contributed by atoms with E-state index in [0.717, 1.165) is 19.5 Å². The normalized spacial score (nSPS) is 23.4. The van der Waals surface area contributed by atoms with E-state index in [1.54, 1.807) is 25.1 Å². The molecule has 2 rings (SSSR count). The van der Waals surface area contributed by atoms with Crippen molar-refractivity contribution in [3.63, 3.8) is 0 Å². The summed E-state index contributed by atoms with van der Waals surface area (Å²) in [5.74, 6) is 0.652. The summed E-state index contributed by atoms with van der Waals surface area (Å²) in [6.07, 6.45) is 0.973. The molecule has 4 heteroatoms. The SMILES string of the molecule is CNC1CCN(C(=O)c2cccc(O)c2C)CC1C. The highest BCUT2D eigenvalue weighted by Gasteiger charge is 2.28. The maximum absolute atomic E-state index is 12.5. The van der Waals surface area contributed by atoms with Crippen molar-refractivity contribution in [3.8, 4) is 5.75 Å². The largest absolute Gasteiger partial charge is 0.508 e. The number of benzene rings is 1. The molecule has 2 atom stereocenters. The molecule has 1 saturated heterocycles. The average molecular weight is 262 g/mol. The fraction of sp³-hybridized carbons (Fsp3) is 0.533. The van der Waals surface area contributed by atoms with E-state index in [4.69, 9.17) is 0 Å². The summed E-state index contributed by atoms with van der Waals surface area (Å²) >= 11 is 0. The summed E-state index contributed by atoms with van der Waals surface area (Å²) in [4.78, 5) is 14.4. The summed E-state index contributed by atoms with van der Waals surface area (Å²) in [5.41, 5.74) is 1.27. The zero-order valence-corrected chi connectivity index (χ0v) is 11.8. The van der Waals surface area contributed by atoms with Gasteiger partial charge >= 0.3 is 0 Å². The van der Waals surface area contributed by atoms with Gasteiger partial charge in [0.2, 0.25) is 0 Å². The number of piperidine rings is 1.